The molecule has 1 heterocycles. The fourth-order valence-electron chi connectivity index (χ4n) is 7.20. The number of esters is 1. The van der Waals surface area contributed by atoms with Crippen LogP contribution in [-0.4, -0.2) is 97.5 Å². The predicted molar refractivity (Wildman–Crippen MR) is 284 cm³/mol. The van der Waals surface area contributed by atoms with Gasteiger partial charge in [-0.15, -0.1) is 0 Å². The number of aliphatic hydroxyl groups is 3. The highest BCUT2D eigenvalue weighted by Crippen LogP contribution is 2.26. The Morgan fingerprint density at radius 2 is 0.943 bits per heavy atom. The second-order valence-electron chi connectivity index (χ2n) is 17.3. The lowest BCUT2D eigenvalue weighted by Gasteiger charge is -2.41. The monoisotopic (exact) mass is 1000 g/mol. The molecule has 70 heavy (non-hydrogen) atoms. The fraction of sp³-hybridized carbons (Fsp3) is 0.632. The number of carbonyl (C=O) groups is 1. The van der Waals surface area contributed by atoms with Crippen molar-refractivity contribution < 1.29 is 56.2 Å². The number of hydrogen-bond donors (Lipinski definition) is 4. The quantitative estimate of drug-likeness (QED) is 0.0197. The zero-order valence-electron chi connectivity index (χ0n) is 42.8. The number of carbonyl (C=O) groups excluding carboxylic acids is 1. The van der Waals surface area contributed by atoms with Crippen molar-refractivity contribution in [2.75, 3.05) is 26.4 Å². The maximum atomic E-state index is 12.9. The molecule has 398 valence electrons. The van der Waals surface area contributed by atoms with Crippen LogP contribution in [0.1, 0.15) is 168 Å². The van der Waals surface area contributed by atoms with Crippen LogP contribution in [0, 0.1) is 0 Å². The van der Waals surface area contributed by atoms with E-state index in [4.69, 9.17) is 18.9 Å². The minimum atomic E-state index is -5.08. The van der Waals surface area contributed by atoms with Crippen LogP contribution in [0.5, 0.6) is 0 Å². The summed E-state index contributed by atoms with van der Waals surface area (Å²) in [7, 11) is -5.08. The van der Waals surface area contributed by atoms with Gasteiger partial charge >= 0.3 is 16.4 Å². The molecule has 0 aromatic rings. The van der Waals surface area contributed by atoms with Gasteiger partial charge in [-0.3, -0.25) is 9.35 Å². The first-order chi connectivity index (χ1) is 34.1. The first kappa shape index (κ1) is 64.5. The van der Waals surface area contributed by atoms with E-state index in [0.29, 0.717) is 13.0 Å². The van der Waals surface area contributed by atoms with E-state index in [1.54, 1.807) is 0 Å². The van der Waals surface area contributed by atoms with E-state index in [0.717, 1.165) is 116 Å². The Kier molecular flexibility index (Phi) is 42.9. The predicted octanol–water partition coefficient (Wildman–Crippen LogP) is 12.5. The summed E-state index contributed by atoms with van der Waals surface area (Å²) in [6.45, 7) is 3.68. The highest BCUT2D eigenvalue weighted by atomic mass is 32.3. The minimum absolute atomic E-state index is 0.00746. The van der Waals surface area contributed by atoms with Crippen molar-refractivity contribution in [3.05, 3.63) is 122 Å². The van der Waals surface area contributed by atoms with Gasteiger partial charge in [0.25, 0.3) is 0 Å². The van der Waals surface area contributed by atoms with Crippen LogP contribution in [-0.2, 0) is 38.3 Å². The average Bonchev–Trinajstić information content (AvgIpc) is 3.34. The summed E-state index contributed by atoms with van der Waals surface area (Å²) < 4.78 is 59.3. The zero-order chi connectivity index (χ0) is 51.0. The average molecular weight is 1000 g/mol. The van der Waals surface area contributed by atoms with E-state index < -0.39 is 59.8 Å². The summed E-state index contributed by atoms with van der Waals surface area (Å²) in [5.41, 5.74) is 0. The molecule has 0 saturated carbocycles. The Bertz CT molecular complexity index is 1670. The lowest BCUT2D eigenvalue weighted by atomic mass is 9.99. The highest BCUT2D eigenvalue weighted by Gasteiger charge is 2.48. The van der Waals surface area contributed by atoms with Crippen molar-refractivity contribution >= 4 is 16.4 Å². The third kappa shape index (κ3) is 39.2. The summed E-state index contributed by atoms with van der Waals surface area (Å²) in [5, 5.41) is 30.8. The third-order valence-corrected chi connectivity index (χ3v) is 11.5. The van der Waals surface area contributed by atoms with Crippen molar-refractivity contribution in [3.8, 4) is 0 Å². The van der Waals surface area contributed by atoms with E-state index in [9.17, 15) is 33.1 Å². The van der Waals surface area contributed by atoms with Gasteiger partial charge in [0, 0.05) is 13.0 Å². The van der Waals surface area contributed by atoms with E-state index in [1.807, 2.05) is 0 Å². The smallest absolute Gasteiger partial charge is 0.397 e. The number of hydrogen-bond acceptors (Lipinski definition) is 11. The lowest BCUT2D eigenvalue weighted by molar-refractivity contribution is -0.301. The van der Waals surface area contributed by atoms with Crippen LogP contribution in [0.3, 0.4) is 0 Å². The van der Waals surface area contributed by atoms with Gasteiger partial charge in [-0.25, -0.2) is 4.18 Å². The standard InChI is InChI=1S/C57H92O12S/c1-3-5-7-9-11-13-15-17-19-21-23-24-25-26-27-29-31-33-35-37-39-41-43-45-47-65-49-51(50-66-57-55(61)56(69-70(62,63)64)54(60)52(48-58)68-57)67-53(59)46-44-42-40-38-36-34-32-30-28-22-20-18-16-14-12-10-8-6-4-2/h5-8,11-14,17-20,23-24,26-28,30,34,36,51-52,54-58,60-61H,3-4,9-10,15-16,21-22,25,29,31-33,35,37-50H2,1-2H3,(H,62,63,64)/b7-5-,8-6-,13-11-,14-12-,19-17-,20-18-,24-23-,27-26-,30-28-,36-34-. The molecule has 4 N–H and O–H groups in total. The number of aliphatic hydroxyl groups excluding tert-OH is 3. The molecule has 0 bridgehead atoms. The first-order valence-corrected chi connectivity index (χ1v) is 27.7. The van der Waals surface area contributed by atoms with Crippen molar-refractivity contribution in [2.45, 2.75) is 205 Å². The van der Waals surface area contributed by atoms with Gasteiger partial charge < -0.3 is 34.3 Å². The topological polar surface area (TPSA) is 178 Å². The summed E-state index contributed by atoms with van der Waals surface area (Å²) >= 11 is 0. The molecule has 6 atom stereocenters. The molecular formula is C57H92O12S. The largest absolute Gasteiger partial charge is 0.457 e. The van der Waals surface area contributed by atoms with Gasteiger partial charge in [0.1, 0.15) is 30.5 Å². The molecule has 0 amide bonds. The summed E-state index contributed by atoms with van der Waals surface area (Å²) in [5.74, 6) is -0.439. The molecule has 1 aliphatic heterocycles. The number of rotatable bonds is 44. The molecule has 1 aliphatic rings. The van der Waals surface area contributed by atoms with Gasteiger partial charge in [0.2, 0.25) is 0 Å². The molecule has 0 aromatic heterocycles. The molecule has 0 aromatic carbocycles. The molecule has 1 rings (SSSR count). The zero-order valence-corrected chi connectivity index (χ0v) is 43.6. The van der Waals surface area contributed by atoms with E-state index in [-0.39, 0.29) is 19.6 Å². The van der Waals surface area contributed by atoms with Gasteiger partial charge in [-0.05, 0) is 103 Å². The number of ether oxygens (including phenoxy) is 4. The van der Waals surface area contributed by atoms with Crippen LogP contribution in [0.4, 0.5) is 0 Å². The molecule has 0 aliphatic carbocycles. The summed E-state index contributed by atoms with van der Waals surface area (Å²) in [6, 6.07) is 0. The Labute approximate surface area is 423 Å². The Morgan fingerprint density at radius 3 is 1.37 bits per heavy atom. The van der Waals surface area contributed by atoms with Crippen molar-refractivity contribution in [2.24, 2.45) is 0 Å². The van der Waals surface area contributed by atoms with Crippen LogP contribution in [0.2, 0.25) is 0 Å². The summed E-state index contributed by atoms with van der Waals surface area (Å²) in [6.07, 6.45) is 58.0. The maximum Gasteiger partial charge on any atom is 0.397 e. The highest BCUT2D eigenvalue weighted by molar-refractivity contribution is 7.80. The van der Waals surface area contributed by atoms with Crippen LogP contribution >= 0.6 is 0 Å². The number of allylic oxidation sites excluding steroid dienone is 20. The number of unbranched alkanes of at least 4 members (excludes halogenated alkanes) is 11. The van der Waals surface area contributed by atoms with Gasteiger partial charge in [-0.1, -0.05) is 180 Å². The second kappa shape index (κ2) is 46.6. The molecule has 6 unspecified atom stereocenters. The normalized spacial score (nSPS) is 20.1. The Balaban J connectivity index is 2.39. The summed E-state index contributed by atoms with van der Waals surface area (Å²) in [4.78, 5) is 12.9. The minimum Gasteiger partial charge on any atom is -0.457 e. The van der Waals surface area contributed by atoms with Crippen molar-refractivity contribution in [1.82, 2.24) is 0 Å². The van der Waals surface area contributed by atoms with E-state index in [1.165, 1.54) is 25.7 Å². The molecular weight excluding hydrogens is 909 g/mol. The molecule has 13 heteroatoms. The second-order valence-corrected chi connectivity index (χ2v) is 18.4. The third-order valence-electron chi connectivity index (χ3n) is 11.1. The van der Waals surface area contributed by atoms with Crippen molar-refractivity contribution in [3.63, 3.8) is 0 Å². The van der Waals surface area contributed by atoms with Crippen LogP contribution < -0.4 is 0 Å². The van der Waals surface area contributed by atoms with Crippen LogP contribution in [0.25, 0.3) is 0 Å². The fourth-order valence-corrected chi connectivity index (χ4v) is 7.70. The molecule has 1 fully saturated rings. The van der Waals surface area contributed by atoms with Crippen LogP contribution in [0.15, 0.2) is 122 Å². The molecule has 12 nitrogen and oxygen atoms in total. The maximum absolute atomic E-state index is 12.9. The van der Waals surface area contributed by atoms with Crippen molar-refractivity contribution in [1.29, 1.82) is 0 Å². The van der Waals surface area contributed by atoms with Gasteiger partial charge in [0.15, 0.2) is 6.29 Å². The van der Waals surface area contributed by atoms with Gasteiger partial charge in [0.05, 0.1) is 19.8 Å². The Hall–Kier alpha value is -3.50. The van der Waals surface area contributed by atoms with E-state index >= 15 is 0 Å². The Morgan fingerprint density at radius 1 is 0.543 bits per heavy atom. The molecule has 1 saturated heterocycles. The van der Waals surface area contributed by atoms with Gasteiger partial charge in [-0.2, -0.15) is 8.42 Å². The van der Waals surface area contributed by atoms with E-state index in [2.05, 4.69) is 140 Å². The molecule has 0 radical (unpaired) electrons. The SMILES string of the molecule is CC/C=C\C/C=C\C/C=C\C/C=C\C/C=C\CCCCCCCCCCOCC(COC1OC(CO)C(O)C(OS(=O)(=O)O)C1O)OC(=O)CCCCC/C=C\C/C=C\C/C=C\C/C=C\C/C=C\CC. The molecule has 0 spiro atoms. The first-order valence-electron chi connectivity index (χ1n) is 26.3. The lowest BCUT2D eigenvalue weighted by Crippen LogP contribution is -2.60.